The number of aliphatic imine (C=N–C) groups is 1. The molecule has 2 saturated carbocycles. The van der Waals surface area contributed by atoms with Crippen LogP contribution < -0.4 is 0 Å². The first-order chi connectivity index (χ1) is 23.0. The van der Waals surface area contributed by atoms with Crippen LogP contribution in [-0.4, -0.2) is 95.0 Å². The molecule has 1 aromatic heterocycles. The lowest BCUT2D eigenvalue weighted by Gasteiger charge is -2.55. The molecule has 1 N–H and O–H groups in total. The summed E-state index contributed by atoms with van der Waals surface area (Å²) in [4.78, 5) is 54.7. The zero-order valence-corrected chi connectivity index (χ0v) is 29.9. The van der Waals surface area contributed by atoms with Gasteiger partial charge in [0.05, 0.1) is 42.5 Å². The number of thiazole rings is 1. The minimum Gasteiger partial charge on any atom is -0.468 e. The second-order valence-corrected chi connectivity index (χ2v) is 15.1. The monoisotopic (exact) mass is 716 g/mol. The van der Waals surface area contributed by atoms with E-state index in [1.54, 1.807) is 29.3 Å². The zero-order valence-electron chi connectivity index (χ0n) is 27.5. The van der Waals surface area contributed by atoms with Crippen LogP contribution in [-0.2, 0) is 30.3 Å². The molecule has 2 aliphatic carbocycles. The molecule has 3 fully saturated rings. The van der Waals surface area contributed by atoms with Gasteiger partial charge in [0.2, 0.25) is 5.91 Å². The van der Waals surface area contributed by atoms with E-state index >= 15 is 0 Å². The Hall–Kier alpha value is -2.83. The fourth-order valence-corrected chi connectivity index (χ4v) is 9.97. The number of aromatic nitrogens is 1. The van der Waals surface area contributed by atoms with Gasteiger partial charge in [-0.15, -0.1) is 11.3 Å². The summed E-state index contributed by atoms with van der Waals surface area (Å²) < 4.78 is 10.5. The SMILES string of the molecule is COC(=O)C1=C(CC(=O)N2CCN(C34CCCC(CC3)C4(C)O)CC2)N=C(CCc2nccs2)C(C(=O)OC)C1c1c(Cl)cccc1Cl. The molecule has 2 bridgehead atoms. The third kappa shape index (κ3) is 6.21. The number of piperazine rings is 1. The molecule has 5 atom stereocenters. The number of ether oxygens (including phenoxy) is 2. The zero-order chi connectivity index (χ0) is 34.2. The second-order valence-electron chi connectivity index (χ2n) is 13.3. The number of nitrogens with zero attached hydrogens (tertiary/aromatic N) is 4. The van der Waals surface area contributed by atoms with Gasteiger partial charge in [-0.3, -0.25) is 19.5 Å². The first-order valence-electron chi connectivity index (χ1n) is 16.6. The van der Waals surface area contributed by atoms with Gasteiger partial charge in [-0.25, -0.2) is 9.78 Å². The number of rotatable bonds is 9. The molecule has 1 aromatic carbocycles. The number of methoxy groups -OCH3 is 2. The fraction of sp³-hybridized carbons (Fsp3) is 0.571. The summed E-state index contributed by atoms with van der Waals surface area (Å²) in [6.45, 7) is 4.30. The van der Waals surface area contributed by atoms with Gasteiger partial charge in [0, 0.05) is 71.4 Å². The molecule has 0 radical (unpaired) electrons. The van der Waals surface area contributed by atoms with Crippen molar-refractivity contribution in [3.05, 3.63) is 61.7 Å². The Kier molecular flexibility index (Phi) is 10.3. The Labute approximate surface area is 295 Å². The second kappa shape index (κ2) is 14.2. The van der Waals surface area contributed by atoms with E-state index in [1.165, 1.54) is 25.6 Å². The number of hydrogen-bond donors (Lipinski definition) is 1. The molecule has 1 saturated heterocycles. The van der Waals surface area contributed by atoms with Crippen molar-refractivity contribution in [1.29, 1.82) is 0 Å². The van der Waals surface area contributed by atoms with E-state index in [9.17, 15) is 19.5 Å². The van der Waals surface area contributed by atoms with E-state index < -0.39 is 29.4 Å². The molecular formula is C35H42Cl2N4O6S. The number of amides is 1. The van der Waals surface area contributed by atoms with E-state index in [0.717, 1.165) is 37.1 Å². The van der Waals surface area contributed by atoms with Gasteiger partial charge in [0.25, 0.3) is 0 Å². The first kappa shape index (κ1) is 35.0. The number of carbonyl (C=O) groups is 3. The van der Waals surface area contributed by atoms with E-state index in [0.29, 0.717) is 56.2 Å². The van der Waals surface area contributed by atoms with Crippen molar-refractivity contribution in [2.24, 2.45) is 16.8 Å². The molecule has 258 valence electrons. The van der Waals surface area contributed by atoms with Crippen LogP contribution in [0.3, 0.4) is 0 Å². The molecule has 5 unspecified atom stereocenters. The topological polar surface area (TPSA) is 122 Å². The largest absolute Gasteiger partial charge is 0.468 e. The number of esters is 2. The van der Waals surface area contributed by atoms with Crippen LogP contribution in [0.25, 0.3) is 0 Å². The highest BCUT2D eigenvalue weighted by molar-refractivity contribution is 7.09. The molecule has 2 aromatic rings. The molecule has 0 spiro atoms. The van der Waals surface area contributed by atoms with Crippen molar-refractivity contribution >= 4 is 58.1 Å². The molecule has 4 aliphatic rings. The summed E-state index contributed by atoms with van der Waals surface area (Å²) in [5.41, 5.74) is 0.0993. The van der Waals surface area contributed by atoms with Crippen molar-refractivity contribution in [1.82, 2.24) is 14.8 Å². The van der Waals surface area contributed by atoms with E-state index in [4.69, 9.17) is 37.7 Å². The van der Waals surface area contributed by atoms with Gasteiger partial charge >= 0.3 is 11.9 Å². The van der Waals surface area contributed by atoms with E-state index in [2.05, 4.69) is 9.88 Å². The molecular weight excluding hydrogens is 675 g/mol. The maximum atomic E-state index is 14.0. The Morgan fingerprint density at radius 2 is 1.77 bits per heavy atom. The maximum Gasteiger partial charge on any atom is 0.336 e. The molecule has 13 heteroatoms. The molecule has 6 rings (SSSR count). The maximum absolute atomic E-state index is 14.0. The molecule has 3 heterocycles. The number of halogens is 2. The van der Waals surface area contributed by atoms with Gasteiger partial charge in [0.15, 0.2) is 0 Å². The van der Waals surface area contributed by atoms with Crippen molar-refractivity contribution in [3.8, 4) is 0 Å². The minimum absolute atomic E-state index is 0.0574. The Balaban J connectivity index is 1.33. The fourth-order valence-electron chi connectivity index (χ4n) is 8.72. The summed E-state index contributed by atoms with van der Waals surface area (Å²) in [7, 11) is 2.53. The number of benzene rings is 1. The normalized spacial score (nSPS) is 29.1. The van der Waals surface area contributed by atoms with E-state index in [-0.39, 0.29) is 39.2 Å². The Morgan fingerprint density at radius 1 is 1.04 bits per heavy atom. The number of carbonyl (C=O) groups excluding carboxylic acids is 3. The number of hydrogen-bond acceptors (Lipinski definition) is 10. The number of fused-ring (bicyclic) bond motifs is 2. The lowest BCUT2D eigenvalue weighted by Crippen LogP contribution is -2.67. The number of aryl methyl sites for hydroxylation is 1. The third-order valence-corrected chi connectivity index (χ3v) is 12.7. The van der Waals surface area contributed by atoms with E-state index in [1.807, 2.05) is 12.3 Å². The van der Waals surface area contributed by atoms with Crippen molar-refractivity contribution < 1.29 is 29.0 Å². The van der Waals surface area contributed by atoms with Crippen LogP contribution >= 0.6 is 34.5 Å². The Morgan fingerprint density at radius 3 is 2.42 bits per heavy atom. The van der Waals surface area contributed by atoms with Gasteiger partial charge in [-0.1, -0.05) is 35.7 Å². The molecule has 48 heavy (non-hydrogen) atoms. The summed E-state index contributed by atoms with van der Waals surface area (Å²) in [6, 6.07) is 4.98. The highest BCUT2D eigenvalue weighted by atomic mass is 35.5. The highest BCUT2D eigenvalue weighted by Gasteiger charge is 2.61. The van der Waals surface area contributed by atoms with Crippen molar-refractivity contribution in [2.45, 2.75) is 75.3 Å². The lowest BCUT2D eigenvalue weighted by molar-refractivity contribution is -0.146. The molecule has 1 amide bonds. The predicted octanol–water partition coefficient (Wildman–Crippen LogP) is 5.46. The summed E-state index contributed by atoms with van der Waals surface area (Å²) in [5, 5.41) is 14.9. The predicted molar refractivity (Wildman–Crippen MR) is 184 cm³/mol. The molecule has 10 nitrogen and oxygen atoms in total. The minimum atomic E-state index is -1.04. The average Bonchev–Trinajstić information content (AvgIpc) is 3.60. The van der Waals surface area contributed by atoms with Gasteiger partial charge in [0.1, 0.15) is 5.92 Å². The van der Waals surface area contributed by atoms with Crippen molar-refractivity contribution in [3.63, 3.8) is 0 Å². The van der Waals surface area contributed by atoms with Crippen LogP contribution in [0, 0.1) is 11.8 Å². The standard InChI is InChI=1S/C35H42Cl2N4O6S/c1-34(45)21-6-5-12-35(34,13-11-21)41-17-15-40(16-18-41)27(42)20-25-30(33(44)47-3)31(28-22(36)7-4-8-23(28)37)29(32(43)46-2)24(39-25)9-10-26-38-14-19-48-26/h4,7-8,14,19,21,29,31,45H,5-6,9-13,15-18,20H2,1-3H3. The summed E-state index contributed by atoms with van der Waals surface area (Å²) >= 11 is 15.0. The van der Waals surface area contributed by atoms with Crippen LogP contribution in [0.1, 0.15) is 68.4 Å². The summed E-state index contributed by atoms with van der Waals surface area (Å²) in [6.07, 6.45) is 7.50. The highest BCUT2D eigenvalue weighted by Crippen LogP contribution is 2.55. The third-order valence-electron chi connectivity index (χ3n) is 11.2. The van der Waals surface area contributed by atoms with Crippen LogP contribution in [0.4, 0.5) is 0 Å². The quantitative estimate of drug-likeness (QED) is 0.340. The number of aliphatic hydroxyl groups is 1. The lowest BCUT2D eigenvalue weighted by atomic mass is 9.69. The van der Waals surface area contributed by atoms with Crippen molar-refractivity contribution in [2.75, 3.05) is 40.4 Å². The van der Waals surface area contributed by atoms with Crippen LogP contribution in [0.2, 0.25) is 10.0 Å². The van der Waals surface area contributed by atoms with Crippen LogP contribution in [0.15, 0.2) is 46.0 Å². The molecule has 2 aliphatic heterocycles. The average molecular weight is 718 g/mol. The first-order valence-corrected chi connectivity index (χ1v) is 18.2. The van der Waals surface area contributed by atoms with Crippen LogP contribution in [0.5, 0.6) is 0 Å². The summed E-state index contributed by atoms with van der Waals surface area (Å²) in [5.74, 6) is -3.25. The Bertz CT molecular complexity index is 1600. The van der Waals surface area contributed by atoms with Gasteiger partial charge < -0.3 is 19.5 Å². The van der Waals surface area contributed by atoms with Gasteiger partial charge in [-0.2, -0.15) is 0 Å². The smallest absolute Gasteiger partial charge is 0.336 e. The van der Waals surface area contributed by atoms with Gasteiger partial charge in [-0.05, 0) is 62.6 Å².